The number of fused-ring (bicyclic) bond motifs is 1. The molecular formula is C32H38ClN5O2SSi. The topological polar surface area (TPSA) is 63.6 Å². The van der Waals surface area contributed by atoms with Gasteiger partial charge in [-0.25, -0.2) is 15.0 Å². The SMILES string of the molecule is CSc1ncc2cc(Cl)c(N3CCN([C@H]4COC[C@H]4O[Si](c4ccccc4)(c4ccccc4)C(C)(C)C)CC3)nc2n1. The first kappa shape index (κ1) is 29.5. The first-order valence-electron chi connectivity index (χ1n) is 14.5. The van der Waals surface area contributed by atoms with Crippen LogP contribution in [0.2, 0.25) is 10.1 Å². The second-order valence-corrected chi connectivity index (χ2v) is 17.4. The fourth-order valence-electron chi connectivity index (χ4n) is 6.39. The Kier molecular flexibility index (Phi) is 8.60. The van der Waals surface area contributed by atoms with Crippen molar-refractivity contribution in [2.45, 2.75) is 43.1 Å². The smallest absolute Gasteiger partial charge is 0.261 e. The van der Waals surface area contributed by atoms with Crippen LogP contribution in [0.5, 0.6) is 0 Å². The van der Waals surface area contributed by atoms with Gasteiger partial charge >= 0.3 is 0 Å². The number of hydrogen-bond acceptors (Lipinski definition) is 8. The predicted octanol–water partition coefficient (Wildman–Crippen LogP) is 4.87. The van der Waals surface area contributed by atoms with Gasteiger partial charge in [0.1, 0.15) is 5.82 Å². The van der Waals surface area contributed by atoms with E-state index in [1.165, 1.54) is 22.1 Å². The number of aromatic nitrogens is 3. The maximum atomic E-state index is 7.51. The van der Waals surface area contributed by atoms with Crippen LogP contribution in [-0.2, 0) is 9.16 Å². The number of pyridine rings is 1. The van der Waals surface area contributed by atoms with Crippen molar-refractivity contribution in [3.05, 3.63) is 77.9 Å². The molecule has 4 aromatic rings. The lowest BCUT2D eigenvalue weighted by molar-refractivity contribution is 0.0882. The van der Waals surface area contributed by atoms with E-state index in [0.717, 1.165) is 37.4 Å². The summed E-state index contributed by atoms with van der Waals surface area (Å²) in [6.07, 6.45) is 3.74. The predicted molar refractivity (Wildman–Crippen MR) is 175 cm³/mol. The Morgan fingerprint density at radius 1 is 0.929 bits per heavy atom. The van der Waals surface area contributed by atoms with Gasteiger partial charge in [0.05, 0.1) is 30.4 Å². The number of piperazine rings is 1. The second-order valence-electron chi connectivity index (χ2n) is 12.0. The van der Waals surface area contributed by atoms with E-state index in [2.05, 4.69) is 101 Å². The third-order valence-corrected chi connectivity index (χ3v) is 14.4. The highest BCUT2D eigenvalue weighted by Crippen LogP contribution is 2.39. The molecule has 0 aliphatic carbocycles. The van der Waals surface area contributed by atoms with Crippen molar-refractivity contribution in [2.24, 2.45) is 0 Å². The molecule has 42 heavy (non-hydrogen) atoms. The lowest BCUT2D eigenvalue weighted by Crippen LogP contribution is -2.69. The summed E-state index contributed by atoms with van der Waals surface area (Å²) in [4.78, 5) is 18.6. The van der Waals surface area contributed by atoms with Crippen LogP contribution >= 0.6 is 23.4 Å². The van der Waals surface area contributed by atoms with Crippen molar-refractivity contribution in [1.29, 1.82) is 0 Å². The fraction of sp³-hybridized carbons (Fsp3) is 0.406. The molecule has 2 aromatic heterocycles. The normalized spacial score (nSPS) is 20.4. The molecule has 2 aliphatic rings. The highest BCUT2D eigenvalue weighted by Gasteiger charge is 2.53. The third kappa shape index (κ3) is 5.58. The minimum atomic E-state index is -2.69. The summed E-state index contributed by atoms with van der Waals surface area (Å²) in [5.74, 6) is 0.789. The van der Waals surface area contributed by atoms with Crippen LogP contribution in [0, 0.1) is 0 Å². The summed E-state index contributed by atoms with van der Waals surface area (Å²) in [5, 5.41) is 4.70. The molecular weight excluding hydrogens is 582 g/mol. The van der Waals surface area contributed by atoms with Gasteiger partial charge in [0.2, 0.25) is 0 Å². The summed E-state index contributed by atoms with van der Waals surface area (Å²) in [7, 11) is -2.69. The zero-order valence-electron chi connectivity index (χ0n) is 24.7. The summed E-state index contributed by atoms with van der Waals surface area (Å²) in [5.41, 5.74) is 0.680. The molecule has 0 saturated carbocycles. The van der Waals surface area contributed by atoms with Gasteiger partial charge in [0.25, 0.3) is 8.32 Å². The van der Waals surface area contributed by atoms with Gasteiger partial charge in [-0.3, -0.25) is 4.90 Å². The van der Waals surface area contributed by atoms with Gasteiger partial charge in [0, 0.05) is 37.8 Å². The largest absolute Gasteiger partial charge is 0.400 e. The average Bonchev–Trinajstić information content (AvgIpc) is 3.48. The highest BCUT2D eigenvalue weighted by atomic mass is 35.5. The van der Waals surface area contributed by atoms with Crippen molar-refractivity contribution < 1.29 is 9.16 Å². The zero-order valence-corrected chi connectivity index (χ0v) is 27.2. The number of halogens is 1. The summed E-state index contributed by atoms with van der Waals surface area (Å²) >= 11 is 8.22. The Morgan fingerprint density at radius 2 is 1.57 bits per heavy atom. The van der Waals surface area contributed by atoms with Crippen molar-refractivity contribution >= 4 is 58.9 Å². The van der Waals surface area contributed by atoms with E-state index in [9.17, 15) is 0 Å². The van der Waals surface area contributed by atoms with Gasteiger partial charge in [-0.15, -0.1) is 0 Å². The third-order valence-electron chi connectivity index (χ3n) is 8.49. The van der Waals surface area contributed by atoms with Crippen molar-refractivity contribution in [2.75, 3.05) is 50.5 Å². The molecule has 0 spiro atoms. The number of anilines is 1. The molecule has 10 heteroatoms. The summed E-state index contributed by atoms with van der Waals surface area (Å²) in [6, 6.07) is 23.8. The number of thioether (sulfide) groups is 1. The van der Waals surface area contributed by atoms with Gasteiger partial charge < -0.3 is 14.1 Å². The van der Waals surface area contributed by atoms with Gasteiger partial charge in [-0.05, 0) is 27.7 Å². The molecule has 0 N–H and O–H groups in total. The molecule has 2 fully saturated rings. The first-order valence-corrected chi connectivity index (χ1v) is 18.0. The summed E-state index contributed by atoms with van der Waals surface area (Å²) in [6.45, 7) is 11.7. The first-order chi connectivity index (χ1) is 20.3. The number of ether oxygens (including phenoxy) is 1. The molecule has 2 atom stereocenters. The van der Waals surface area contributed by atoms with Crippen molar-refractivity contribution in [3.8, 4) is 0 Å². The molecule has 2 aliphatic heterocycles. The van der Waals surface area contributed by atoms with E-state index >= 15 is 0 Å². The maximum Gasteiger partial charge on any atom is 0.261 e. The standard InChI is InChI=1S/C32H38ClN5O2SSi/c1-32(2,3)42(24-11-7-5-8-12-24,25-13-9-6-10-14-25)40-28-22-39-21-27(28)37-15-17-38(18-16-37)30-26(33)19-23-20-34-31(41-4)36-29(23)35-30/h5-14,19-20,27-28H,15-18,21-22H2,1-4H3/t27-,28+/m0/s1. The highest BCUT2D eigenvalue weighted by molar-refractivity contribution is 7.98. The van der Waals surface area contributed by atoms with Crippen molar-refractivity contribution in [1.82, 2.24) is 19.9 Å². The molecule has 220 valence electrons. The Balaban J connectivity index is 1.24. The van der Waals surface area contributed by atoms with Crippen LogP contribution in [-0.4, -0.2) is 86.0 Å². The average molecular weight is 620 g/mol. The minimum absolute atomic E-state index is 0.0214. The number of hydrogen-bond donors (Lipinski definition) is 0. The Labute approximate surface area is 258 Å². The van der Waals surface area contributed by atoms with Crippen LogP contribution < -0.4 is 15.3 Å². The fourth-order valence-corrected chi connectivity index (χ4v) is 11.7. The quantitative estimate of drug-likeness (QED) is 0.165. The number of rotatable bonds is 7. The Bertz CT molecular complexity index is 1480. The van der Waals surface area contributed by atoms with Crippen LogP contribution in [0.4, 0.5) is 5.82 Å². The summed E-state index contributed by atoms with van der Waals surface area (Å²) < 4.78 is 13.7. The number of benzene rings is 2. The van der Waals surface area contributed by atoms with Gasteiger partial charge in [-0.2, -0.15) is 0 Å². The minimum Gasteiger partial charge on any atom is -0.400 e. The van der Waals surface area contributed by atoms with E-state index in [1.807, 2.05) is 12.3 Å². The molecule has 2 saturated heterocycles. The molecule has 0 bridgehead atoms. The van der Waals surface area contributed by atoms with Crippen LogP contribution in [0.15, 0.2) is 78.1 Å². The molecule has 2 aromatic carbocycles. The van der Waals surface area contributed by atoms with E-state index in [1.54, 1.807) is 6.20 Å². The Hall–Kier alpha value is -2.53. The van der Waals surface area contributed by atoms with E-state index in [4.69, 9.17) is 25.7 Å². The van der Waals surface area contributed by atoms with Crippen LogP contribution in [0.1, 0.15) is 20.8 Å². The van der Waals surface area contributed by atoms with Crippen LogP contribution in [0.25, 0.3) is 11.0 Å². The molecule has 0 radical (unpaired) electrons. The van der Waals surface area contributed by atoms with Gasteiger partial charge in [-0.1, -0.05) is 105 Å². The van der Waals surface area contributed by atoms with Crippen LogP contribution in [0.3, 0.4) is 0 Å². The van der Waals surface area contributed by atoms with Crippen molar-refractivity contribution in [3.63, 3.8) is 0 Å². The molecule has 6 rings (SSSR count). The maximum absolute atomic E-state index is 7.51. The monoisotopic (exact) mass is 619 g/mol. The lowest BCUT2D eigenvalue weighted by Gasteiger charge is -2.47. The molecule has 4 heterocycles. The Morgan fingerprint density at radius 3 is 2.17 bits per heavy atom. The van der Waals surface area contributed by atoms with E-state index < -0.39 is 8.32 Å². The van der Waals surface area contributed by atoms with E-state index in [0.29, 0.717) is 29.0 Å². The zero-order chi connectivity index (χ0) is 29.3. The van der Waals surface area contributed by atoms with E-state index in [-0.39, 0.29) is 17.2 Å². The number of nitrogens with zero attached hydrogens (tertiary/aromatic N) is 5. The molecule has 0 amide bonds. The molecule has 7 nitrogen and oxygen atoms in total. The van der Waals surface area contributed by atoms with Gasteiger partial charge in [0.15, 0.2) is 10.8 Å². The molecule has 0 unspecified atom stereocenters. The lowest BCUT2D eigenvalue weighted by atomic mass is 10.1. The second kappa shape index (κ2) is 12.2.